The van der Waals surface area contributed by atoms with Gasteiger partial charge < -0.3 is 16.0 Å². The van der Waals surface area contributed by atoms with Gasteiger partial charge in [-0.05, 0) is 42.4 Å². The highest BCUT2D eigenvalue weighted by atomic mass is 16.2. The van der Waals surface area contributed by atoms with E-state index in [0.29, 0.717) is 19.5 Å². The van der Waals surface area contributed by atoms with Crippen LogP contribution in [0.3, 0.4) is 0 Å². The Kier molecular flexibility index (Phi) is 7.08. The lowest BCUT2D eigenvalue weighted by Gasteiger charge is -2.28. The third kappa shape index (κ3) is 5.25. The van der Waals surface area contributed by atoms with Crippen molar-refractivity contribution in [1.82, 2.24) is 10.2 Å². The SMILES string of the molecule is NC(=O)C1(c2ccccc2)CCN(C(=O)NC(CCCc2ccccc2)c2ccccc2)C1. The van der Waals surface area contributed by atoms with E-state index in [0.717, 1.165) is 30.4 Å². The first-order valence-corrected chi connectivity index (χ1v) is 11.6. The highest BCUT2D eigenvalue weighted by molar-refractivity contribution is 5.89. The molecule has 5 heteroatoms. The minimum atomic E-state index is -0.839. The number of nitrogens with zero attached hydrogens (tertiary/aromatic N) is 1. The van der Waals surface area contributed by atoms with Crippen LogP contribution in [0.15, 0.2) is 91.0 Å². The number of carbonyl (C=O) groups excluding carboxylic acids is 2. The third-order valence-corrected chi connectivity index (χ3v) is 6.66. The fourth-order valence-electron chi connectivity index (χ4n) is 4.72. The predicted octanol–water partition coefficient (Wildman–Crippen LogP) is 4.59. The first-order chi connectivity index (χ1) is 16.1. The van der Waals surface area contributed by atoms with Crippen LogP contribution >= 0.6 is 0 Å². The number of nitrogens with two attached hydrogens (primary N) is 1. The molecule has 0 saturated carbocycles. The van der Waals surface area contributed by atoms with Gasteiger partial charge in [0.1, 0.15) is 0 Å². The molecular formula is C28H31N3O2. The molecular weight excluding hydrogens is 410 g/mol. The molecule has 0 radical (unpaired) electrons. The van der Waals surface area contributed by atoms with Crippen molar-refractivity contribution in [2.24, 2.45) is 5.73 Å². The highest BCUT2D eigenvalue weighted by Crippen LogP contribution is 2.34. The maximum Gasteiger partial charge on any atom is 0.317 e. The lowest BCUT2D eigenvalue weighted by Crippen LogP contribution is -2.46. The summed E-state index contributed by atoms with van der Waals surface area (Å²) in [7, 11) is 0. The molecule has 0 aliphatic carbocycles. The minimum Gasteiger partial charge on any atom is -0.369 e. The van der Waals surface area contributed by atoms with Gasteiger partial charge in [-0.2, -0.15) is 0 Å². The van der Waals surface area contributed by atoms with Crippen molar-refractivity contribution in [3.05, 3.63) is 108 Å². The third-order valence-electron chi connectivity index (χ3n) is 6.66. The molecule has 0 bridgehead atoms. The molecule has 3 N–H and O–H groups in total. The van der Waals surface area contributed by atoms with Crippen LogP contribution < -0.4 is 11.1 Å². The summed E-state index contributed by atoms with van der Waals surface area (Å²) in [5.74, 6) is -0.383. The molecule has 1 heterocycles. The van der Waals surface area contributed by atoms with E-state index in [9.17, 15) is 9.59 Å². The Labute approximate surface area is 195 Å². The van der Waals surface area contributed by atoms with Crippen LogP contribution in [0.4, 0.5) is 4.79 Å². The largest absolute Gasteiger partial charge is 0.369 e. The van der Waals surface area contributed by atoms with E-state index < -0.39 is 5.41 Å². The van der Waals surface area contributed by atoms with Crippen LogP contribution in [-0.4, -0.2) is 29.9 Å². The lowest BCUT2D eigenvalue weighted by atomic mass is 9.79. The Morgan fingerprint density at radius 3 is 2.15 bits per heavy atom. The summed E-state index contributed by atoms with van der Waals surface area (Å²) in [6, 6.07) is 29.8. The van der Waals surface area contributed by atoms with Crippen LogP contribution in [-0.2, 0) is 16.6 Å². The zero-order valence-electron chi connectivity index (χ0n) is 18.8. The van der Waals surface area contributed by atoms with Crippen LogP contribution in [0.1, 0.15) is 42.0 Å². The molecule has 1 fully saturated rings. The molecule has 1 saturated heterocycles. The summed E-state index contributed by atoms with van der Waals surface area (Å²) in [6.45, 7) is 0.791. The average molecular weight is 442 g/mol. The quantitative estimate of drug-likeness (QED) is 0.536. The number of nitrogens with one attached hydrogen (secondary N) is 1. The second kappa shape index (κ2) is 10.3. The van der Waals surface area contributed by atoms with Gasteiger partial charge in [0, 0.05) is 13.1 Å². The van der Waals surface area contributed by atoms with Crippen molar-refractivity contribution in [3.8, 4) is 0 Å². The van der Waals surface area contributed by atoms with Crippen LogP contribution in [0, 0.1) is 0 Å². The van der Waals surface area contributed by atoms with Crippen LogP contribution in [0.25, 0.3) is 0 Å². The molecule has 0 spiro atoms. The van der Waals surface area contributed by atoms with Gasteiger partial charge in [0.15, 0.2) is 0 Å². The molecule has 3 aromatic carbocycles. The number of hydrogen-bond donors (Lipinski definition) is 2. The summed E-state index contributed by atoms with van der Waals surface area (Å²) in [6.07, 6.45) is 3.28. The van der Waals surface area contributed by atoms with Crippen molar-refractivity contribution in [1.29, 1.82) is 0 Å². The monoisotopic (exact) mass is 441 g/mol. The summed E-state index contributed by atoms with van der Waals surface area (Å²) in [5.41, 5.74) is 8.26. The maximum atomic E-state index is 13.3. The highest BCUT2D eigenvalue weighted by Gasteiger charge is 2.46. The zero-order valence-corrected chi connectivity index (χ0v) is 18.8. The molecule has 2 atom stereocenters. The van der Waals surface area contributed by atoms with E-state index in [4.69, 9.17) is 5.73 Å². The first-order valence-electron chi connectivity index (χ1n) is 11.6. The smallest absolute Gasteiger partial charge is 0.317 e. The Balaban J connectivity index is 1.45. The molecule has 33 heavy (non-hydrogen) atoms. The van der Waals surface area contributed by atoms with E-state index in [1.54, 1.807) is 4.90 Å². The Bertz CT molecular complexity index is 1060. The van der Waals surface area contributed by atoms with Crippen molar-refractivity contribution in [3.63, 3.8) is 0 Å². The summed E-state index contributed by atoms with van der Waals surface area (Å²) in [4.78, 5) is 27.5. The van der Waals surface area contributed by atoms with E-state index in [2.05, 4.69) is 41.7 Å². The number of hydrogen-bond acceptors (Lipinski definition) is 2. The van der Waals surface area contributed by atoms with Crippen molar-refractivity contribution in [2.45, 2.75) is 37.1 Å². The predicted molar refractivity (Wildman–Crippen MR) is 131 cm³/mol. The first kappa shape index (κ1) is 22.6. The van der Waals surface area contributed by atoms with Gasteiger partial charge in [0.2, 0.25) is 5.91 Å². The summed E-state index contributed by atoms with van der Waals surface area (Å²) in [5, 5.41) is 3.22. The number of likely N-dealkylation sites (tertiary alicyclic amines) is 1. The number of amides is 3. The second-order valence-electron chi connectivity index (χ2n) is 8.77. The number of primary amides is 1. The van der Waals surface area contributed by atoms with Gasteiger partial charge in [-0.25, -0.2) is 4.79 Å². The topological polar surface area (TPSA) is 75.4 Å². The van der Waals surface area contributed by atoms with Gasteiger partial charge in [0.05, 0.1) is 11.5 Å². The van der Waals surface area contributed by atoms with Gasteiger partial charge >= 0.3 is 6.03 Å². The molecule has 2 unspecified atom stereocenters. The maximum absolute atomic E-state index is 13.3. The molecule has 5 nitrogen and oxygen atoms in total. The number of benzene rings is 3. The van der Waals surface area contributed by atoms with Crippen molar-refractivity contribution in [2.75, 3.05) is 13.1 Å². The Morgan fingerprint density at radius 2 is 1.52 bits per heavy atom. The van der Waals surface area contributed by atoms with E-state index >= 15 is 0 Å². The number of carbonyl (C=O) groups is 2. The second-order valence-corrected chi connectivity index (χ2v) is 8.77. The fourth-order valence-corrected chi connectivity index (χ4v) is 4.72. The molecule has 1 aliphatic rings. The van der Waals surface area contributed by atoms with Gasteiger partial charge in [-0.15, -0.1) is 0 Å². The van der Waals surface area contributed by atoms with E-state index in [1.807, 2.05) is 54.6 Å². The summed E-state index contributed by atoms with van der Waals surface area (Å²) >= 11 is 0. The molecule has 1 aliphatic heterocycles. The number of rotatable bonds is 8. The average Bonchev–Trinajstić information content (AvgIpc) is 3.32. The normalized spacial score (nSPS) is 18.6. The fraction of sp³-hybridized carbons (Fsp3) is 0.286. The standard InChI is InChI=1S/C28H31N3O2/c29-26(32)28(24-16-8-3-9-17-24)19-20-31(21-28)27(33)30-25(23-14-6-2-7-15-23)18-10-13-22-11-4-1-5-12-22/h1-9,11-12,14-17,25H,10,13,18-21H2,(H2,29,32)(H,30,33). The number of aryl methyl sites for hydroxylation is 1. The molecule has 170 valence electrons. The van der Waals surface area contributed by atoms with Crippen LogP contribution in [0.5, 0.6) is 0 Å². The van der Waals surface area contributed by atoms with Gasteiger partial charge in [0.25, 0.3) is 0 Å². The Hall–Kier alpha value is -3.60. The van der Waals surface area contributed by atoms with E-state index in [-0.39, 0.29) is 18.0 Å². The molecule has 3 amide bonds. The molecule has 3 aromatic rings. The molecule has 4 rings (SSSR count). The lowest BCUT2D eigenvalue weighted by molar-refractivity contribution is -0.123. The van der Waals surface area contributed by atoms with Gasteiger partial charge in [-0.3, -0.25) is 4.79 Å². The minimum absolute atomic E-state index is 0.0947. The zero-order chi connectivity index (χ0) is 23.1. The van der Waals surface area contributed by atoms with E-state index in [1.165, 1.54) is 5.56 Å². The number of urea groups is 1. The summed E-state index contributed by atoms with van der Waals surface area (Å²) < 4.78 is 0. The van der Waals surface area contributed by atoms with Crippen molar-refractivity contribution >= 4 is 11.9 Å². The van der Waals surface area contributed by atoms with Crippen molar-refractivity contribution < 1.29 is 9.59 Å². The van der Waals surface area contributed by atoms with Crippen LogP contribution in [0.2, 0.25) is 0 Å². The Morgan fingerprint density at radius 1 is 0.909 bits per heavy atom. The molecule has 0 aromatic heterocycles. The van der Waals surface area contributed by atoms with Gasteiger partial charge in [-0.1, -0.05) is 91.0 Å².